The highest BCUT2D eigenvalue weighted by molar-refractivity contribution is 6.11. The Balaban J connectivity index is 1.50. The molecule has 1 heterocycles. The third-order valence-corrected chi connectivity index (χ3v) is 5.14. The van der Waals surface area contributed by atoms with Gasteiger partial charge in [0.2, 0.25) is 11.4 Å². The molecular formula is C24H18F3N3O4. The van der Waals surface area contributed by atoms with Crippen molar-refractivity contribution in [1.29, 1.82) is 0 Å². The molecule has 7 nitrogen and oxygen atoms in total. The number of carbonyl (C=O) groups is 3. The first-order chi connectivity index (χ1) is 16.2. The number of benzene rings is 3. The van der Waals surface area contributed by atoms with Gasteiger partial charge in [-0.15, -0.1) is 0 Å². The maximum Gasteiger partial charge on any atom is 0.425 e. The number of nitrogens with one attached hydrogen (secondary N) is 2. The molecule has 1 atom stereocenters. The average Bonchev–Trinajstić information content (AvgIpc) is 3.06. The minimum atomic E-state index is -5.13. The van der Waals surface area contributed by atoms with E-state index in [1.165, 1.54) is 30.3 Å². The normalized spacial score (nSPS) is 17.9. The second-order valence-electron chi connectivity index (χ2n) is 7.43. The van der Waals surface area contributed by atoms with E-state index in [1.54, 1.807) is 41.7 Å². The fraction of sp³-hybridized carbons (Fsp3) is 0.125. The second-order valence-corrected chi connectivity index (χ2v) is 7.43. The number of hydrogen-bond acceptors (Lipinski definition) is 4. The molecule has 10 heteroatoms. The summed E-state index contributed by atoms with van der Waals surface area (Å²) in [4.78, 5) is 38.0. The van der Waals surface area contributed by atoms with E-state index in [2.05, 4.69) is 5.32 Å². The highest BCUT2D eigenvalue weighted by atomic mass is 19.4. The van der Waals surface area contributed by atoms with Crippen LogP contribution in [0.15, 0.2) is 84.9 Å². The highest BCUT2D eigenvalue weighted by Gasteiger charge is 2.68. The smallest absolute Gasteiger partial charge is 0.425 e. The van der Waals surface area contributed by atoms with E-state index in [0.717, 1.165) is 12.1 Å². The van der Waals surface area contributed by atoms with Crippen molar-refractivity contribution in [2.24, 2.45) is 0 Å². The van der Waals surface area contributed by atoms with Gasteiger partial charge in [0.1, 0.15) is 18.0 Å². The van der Waals surface area contributed by atoms with Gasteiger partial charge in [0.05, 0.1) is 0 Å². The first-order valence-corrected chi connectivity index (χ1v) is 10.1. The van der Waals surface area contributed by atoms with Gasteiger partial charge in [-0.1, -0.05) is 54.6 Å². The number of imide groups is 1. The minimum Gasteiger partial charge on any atom is -0.457 e. The van der Waals surface area contributed by atoms with Crippen molar-refractivity contribution in [2.45, 2.75) is 11.7 Å². The summed E-state index contributed by atoms with van der Waals surface area (Å²) < 4.78 is 47.8. The third-order valence-electron chi connectivity index (χ3n) is 5.14. The summed E-state index contributed by atoms with van der Waals surface area (Å²) >= 11 is 0. The van der Waals surface area contributed by atoms with Crippen molar-refractivity contribution in [3.05, 3.63) is 90.5 Å². The molecule has 0 bridgehead atoms. The van der Waals surface area contributed by atoms with Crippen LogP contribution < -0.4 is 15.4 Å². The molecule has 34 heavy (non-hydrogen) atoms. The Morgan fingerprint density at radius 3 is 2.18 bits per heavy atom. The molecule has 2 N–H and O–H groups in total. The molecule has 0 aliphatic carbocycles. The molecule has 1 fully saturated rings. The number of carbonyl (C=O) groups excluding carboxylic acids is 3. The lowest BCUT2D eigenvalue weighted by molar-refractivity contribution is -0.198. The van der Waals surface area contributed by atoms with Gasteiger partial charge < -0.3 is 15.4 Å². The Hall–Kier alpha value is -4.34. The van der Waals surface area contributed by atoms with Crippen molar-refractivity contribution in [3.63, 3.8) is 0 Å². The van der Waals surface area contributed by atoms with E-state index < -0.39 is 41.7 Å². The van der Waals surface area contributed by atoms with Crippen molar-refractivity contribution < 1.29 is 32.3 Å². The molecule has 174 valence electrons. The minimum absolute atomic E-state index is 0.250. The lowest BCUT2D eigenvalue weighted by Crippen LogP contribution is -2.55. The first-order valence-electron chi connectivity index (χ1n) is 10.1. The molecule has 4 amide bonds. The Morgan fingerprint density at radius 1 is 0.912 bits per heavy atom. The summed E-state index contributed by atoms with van der Waals surface area (Å²) in [7, 11) is 0. The topological polar surface area (TPSA) is 87.7 Å². The van der Waals surface area contributed by atoms with Crippen LogP contribution in [0.1, 0.15) is 5.56 Å². The molecule has 0 radical (unpaired) electrons. The number of ether oxygens (including phenoxy) is 1. The van der Waals surface area contributed by atoms with Crippen LogP contribution in [0.25, 0.3) is 0 Å². The van der Waals surface area contributed by atoms with Gasteiger partial charge >= 0.3 is 12.2 Å². The van der Waals surface area contributed by atoms with Crippen LogP contribution in [0.5, 0.6) is 11.5 Å². The van der Waals surface area contributed by atoms with Crippen LogP contribution >= 0.6 is 0 Å². The average molecular weight is 469 g/mol. The molecule has 1 aliphatic heterocycles. The Morgan fingerprint density at radius 2 is 1.53 bits per heavy atom. The Kier molecular flexibility index (Phi) is 5.97. The monoisotopic (exact) mass is 469 g/mol. The third kappa shape index (κ3) is 4.29. The number of hydrogen-bond donors (Lipinski definition) is 2. The fourth-order valence-corrected chi connectivity index (χ4v) is 3.57. The summed E-state index contributed by atoms with van der Waals surface area (Å²) in [6, 6.07) is 20.2. The number of rotatable bonds is 6. The molecule has 3 aromatic carbocycles. The van der Waals surface area contributed by atoms with Crippen LogP contribution in [-0.4, -0.2) is 35.5 Å². The summed E-state index contributed by atoms with van der Waals surface area (Å²) in [5.74, 6) is -1.47. The fourth-order valence-electron chi connectivity index (χ4n) is 3.57. The van der Waals surface area contributed by atoms with Crippen LogP contribution in [0.3, 0.4) is 0 Å². The predicted octanol–water partition coefficient (Wildman–Crippen LogP) is 4.43. The highest BCUT2D eigenvalue weighted by Crippen LogP contribution is 2.43. The van der Waals surface area contributed by atoms with Gasteiger partial charge in [-0.25, -0.2) is 4.79 Å². The van der Waals surface area contributed by atoms with Crippen molar-refractivity contribution >= 4 is 23.5 Å². The van der Waals surface area contributed by atoms with E-state index in [4.69, 9.17) is 4.74 Å². The van der Waals surface area contributed by atoms with Gasteiger partial charge in [0.15, 0.2) is 0 Å². The maximum absolute atomic E-state index is 14.0. The molecular weight excluding hydrogens is 451 g/mol. The van der Waals surface area contributed by atoms with Crippen LogP contribution in [-0.2, 0) is 15.1 Å². The number of alkyl halides is 3. The second kappa shape index (κ2) is 8.89. The molecule has 1 unspecified atom stereocenters. The summed E-state index contributed by atoms with van der Waals surface area (Å²) in [6.07, 6.45) is -5.13. The lowest BCUT2D eigenvalue weighted by atomic mass is 9.89. The number of anilines is 1. The number of urea groups is 1. The number of amides is 4. The first kappa shape index (κ1) is 22.8. The van der Waals surface area contributed by atoms with E-state index >= 15 is 0 Å². The molecule has 0 spiro atoms. The van der Waals surface area contributed by atoms with Crippen molar-refractivity contribution in [3.8, 4) is 11.5 Å². The molecule has 1 aliphatic rings. The largest absolute Gasteiger partial charge is 0.457 e. The summed E-state index contributed by atoms with van der Waals surface area (Å²) in [5, 5.41) is 4.21. The van der Waals surface area contributed by atoms with Crippen LogP contribution in [0.2, 0.25) is 0 Å². The lowest BCUT2D eigenvalue weighted by Gasteiger charge is -2.29. The van der Waals surface area contributed by atoms with Crippen LogP contribution in [0, 0.1) is 0 Å². The number of para-hydroxylation sites is 1. The molecule has 0 saturated carbocycles. The van der Waals surface area contributed by atoms with E-state index in [1.807, 2.05) is 6.07 Å². The Labute approximate surface area is 192 Å². The molecule has 3 aromatic rings. The van der Waals surface area contributed by atoms with Gasteiger partial charge in [0.25, 0.3) is 5.91 Å². The van der Waals surface area contributed by atoms with E-state index in [0.29, 0.717) is 11.5 Å². The standard InChI is InChI=1S/C24H18F3N3O4/c25-24(26,27)23(16-8-3-1-4-9-16)21(32)30(22(33)29-23)15-20(31)28-17-10-7-13-19(14-17)34-18-11-5-2-6-12-18/h1-14H,15H2,(H,28,31)(H,29,33). The quantitative estimate of drug-likeness (QED) is 0.523. The van der Waals surface area contributed by atoms with Gasteiger partial charge in [0, 0.05) is 11.8 Å². The zero-order valence-corrected chi connectivity index (χ0v) is 17.5. The van der Waals surface area contributed by atoms with E-state index in [-0.39, 0.29) is 10.6 Å². The molecule has 4 rings (SSSR count). The predicted molar refractivity (Wildman–Crippen MR) is 116 cm³/mol. The van der Waals surface area contributed by atoms with Crippen LogP contribution in [0.4, 0.5) is 23.7 Å². The van der Waals surface area contributed by atoms with Gasteiger partial charge in [-0.05, 0) is 29.8 Å². The molecule has 0 aromatic heterocycles. The summed E-state index contributed by atoms with van der Waals surface area (Å²) in [6.45, 7) is -0.904. The zero-order chi connectivity index (χ0) is 24.3. The van der Waals surface area contributed by atoms with Gasteiger partial charge in [-0.2, -0.15) is 13.2 Å². The number of nitrogens with zero attached hydrogens (tertiary/aromatic N) is 1. The Bertz CT molecular complexity index is 1220. The van der Waals surface area contributed by atoms with E-state index in [9.17, 15) is 27.6 Å². The molecule has 1 saturated heterocycles. The zero-order valence-electron chi connectivity index (χ0n) is 17.5. The van der Waals surface area contributed by atoms with Crippen molar-refractivity contribution in [2.75, 3.05) is 11.9 Å². The SMILES string of the molecule is O=C(CN1C(=O)NC(c2ccccc2)(C(F)(F)F)C1=O)Nc1cccc(Oc2ccccc2)c1. The maximum atomic E-state index is 14.0. The summed E-state index contributed by atoms with van der Waals surface area (Å²) in [5.41, 5.74) is -3.44. The number of halogens is 3. The van der Waals surface area contributed by atoms with Crippen molar-refractivity contribution in [1.82, 2.24) is 10.2 Å². The van der Waals surface area contributed by atoms with Gasteiger partial charge in [-0.3, -0.25) is 14.5 Å².